The molecular weight excluding hydrogens is 377 g/mol. The van der Waals surface area contributed by atoms with Gasteiger partial charge in [-0.3, -0.25) is 0 Å². The molecule has 0 saturated heterocycles. The molecule has 0 radical (unpaired) electrons. The Bertz CT molecular complexity index is 613. The fourth-order valence-electron chi connectivity index (χ4n) is 2.44. The number of ether oxygens (including phenoxy) is 2. The molecule has 0 bridgehead atoms. The number of halogens is 1. The van der Waals surface area contributed by atoms with Crippen LogP contribution in [-0.2, 0) is 6.61 Å². The van der Waals surface area contributed by atoms with Crippen LogP contribution in [-0.4, -0.2) is 13.2 Å². The Hall–Kier alpha value is -1.27. The summed E-state index contributed by atoms with van der Waals surface area (Å²) in [4.78, 5) is 0. The lowest BCUT2D eigenvalue weighted by Crippen LogP contribution is -2.21. The largest absolute Gasteiger partial charge is 0.491 e. The van der Waals surface area contributed by atoms with Gasteiger partial charge in [0.15, 0.2) is 0 Å². The van der Waals surface area contributed by atoms with E-state index in [2.05, 4.69) is 65.2 Å². The number of likely N-dealkylation sites (N-methyl/N-ethyl adjacent to an activating group) is 1. The molecule has 0 saturated carbocycles. The van der Waals surface area contributed by atoms with Gasteiger partial charge in [0.1, 0.15) is 24.7 Å². The lowest BCUT2D eigenvalue weighted by molar-refractivity contribution is 0.297. The van der Waals surface area contributed by atoms with E-state index in [-0.39, 0.29) is 0 Å². The van der Waals surface area contributed by atoms with E-state index < -0.39 is 0 Å². The maximum absolute atomic E-state index is 5.85. The topological polar surface area (TPSA) is 30.5 Å². The number of fused-ring (bicyclic) bond motifs is 1. The van der Waals surface area contributed by atoms with Gasteiger partial charge in [-0.25, -0.2) is 0 Å². The van der Waals surface area contributed by atoms with Gasteiger partial charge in [0.25, 0.3) is 0 Å². The molecule has 1 heterocycles. The molecule has 1 N–H and O–H groups in total. The Kier molecular flexibility index (Phi) is 4.65. The van der Waals surface area contributed by atoms with Gasteiger partial charge in [0.2, 0.25) is 0 Å². The van der Waals surface area contributed by atoms with Crippen LogP contribution in [0.25, 0.3) is 0 Å². The molecule has 4 heteroatoms. The molecule has 3 nitrogen and oxygen atoms in total. The second-order valence-corrected chi connectivity index (χ2v) is 6.28. The van der Waals surface area contributed by atoms with Crippen LogP contribution in [0.5, 0.6) is 11.5 Å². The maximum Gasteiger partial charge on any atom is 0.128 e. The zero-order valence-electron chi connectivity index (χ0n) is 11.9. The van der Waals surface area contributed by atoms with E-state index in [1.165, 1.54) is 14.7 Å². The molecule has 0 spiro atoms. The lowest BCUT2D eigenvalue weighted by Gasteiger charge is -2.10. The van der Waals surface area contributed by atoms with Gasteiger partial charge in [-0.15, -0.1) is 0 Å². The first-order valence-corrected chi connectivity index (χ1v) is 8.21. The number of rotatable bonds is 5. The molecule has 0 aromatic heterocycles. The number of hydrogen-bond donors (Lipinski definition) is 1. The summed E-state index contributed by atoms with van der Waals surface area (Å²) in [7, 11) is 0. The molecule has 2 aromatic rings. The normalized spacial score (nSPS) is 16.4. The summed E-state index contributed by atoms with van der Waals surface area (Å²) < 4.78 is 12.8. The van der Waals surface area contributed by atoms with Crippen LogP contribution in [0.1, 0.15) is 24.1 Å². The van der Waals surface area contributed by atoms with Crippen molar-refractivity contribution >= 4 is 22.6 Å². The summed E-state index contributed by atoms with van der Waals surface area (Å²) in [5.41, 5.74) is 2.39. The minimum absolute atomic E-state index is 0.301. The predicted octanol–water partition coefficient (Wildman–Crippen LogP) is 3.91. The first-order valence-electron chi connectivity index (χ1n) is 7.13. The van der Waals surface area contributed by atoms with Crippen LogP contribution in [0.15, 0.2) is 42.5 Å². The second-order valence-electron chi connectivity index (χ2n) is 5.04. The molecule has 3 rings (SSSR count). The van der Waals surface area contributed by atoms with Crippen LogP contribution < -0.4 is 14.8 Å². The Labute approximate surface area is 138 Å². The third-order valence-electron chi connectivity index (χ3n) is 3.54. The van der Waals surface area contributed by atoms with E-state index in [9.17, 15) is 0 Å². The average Bonchev–Trinajstić information content (AvgIpc) is 2.90. The van der Waals surface area contributed by atoms with Crippen LogP contribution in [0, 0.1) is 3.57 Å². The summed E-state index contributed by atoms with van der Waals surface area (Å²) >= 11 is 2.30. The smallest absolute Gasteiger partial charge is 0.128 e. The fraction of sp³-hybridized carbons (Fsp3) is 0.294. The van der Waals surface area contributed by atoms with E-state index in [0.717, 1.165) is 18.0 Å². The Morgan fingerprint density at radius 2 is 2.05 bits per heavy atom. The quantitative estimate of drug-likeness (QED) is 0.779. The third-order valence-corrected chi connectivity index (χ3v) is 4.25. The van der Waals surface area contributed by atoms with Crippen molar-refractivity contribution in [1.82, 2.24) is 5.32 Å². The molecule has 110 valence electrons. The minimum atomic E-state index is 0.301. The van der Waals surface area contributed by atoms with Crippen molar-refractivity contribution in [3.63, 3.8) is 0 Å². The van der Waals surface area contributed by atoms with E-state index >= 15 is 0 Å². The zero-order valence-corrected chi connectivity index (χ0v) is 14.1. The summed E-state index contributed by atoms with van der Waals surface area (Å²) in [6, 6.07) is 14.8. The lowest BCUT2D eigenvalue weighted by atomic mass is 10.1. The standard InChI is InChI=1S/C17H18INO2/c1-2-19-16-11-21-17-9-14(7-8-15(16)17)20-10-12-3-5-13(18)6-4-12/h3-9,16,19H,2,10-11H2,1H3. The summed E-state index contributed by atoms with van der Waals surface area (Å²) in [6.07, 6.45) is 0. The van der Waals surface area contributed by atoms with E-state index in [0.29, 0.717) is 19.3 Å². The van der Waals surface area contributed by atoms with Crippen LogP contribution in [0.2, 0.25) is 0 Å². The van der Waals surface area contributed by atoms with Crippen molar-refractivity contribution in [1.29, 1.82) is 0 Å². The highest BCUT2D eigenvalue weighted by Crippen LogP contribution is 2.35. The maximum atomic E-state index is 5.85. The highest BCUT2D eigenvalue weighted by atomic mass is 127. The average molecular weight is 395 g/mol. The highest BCUT2D eigenvalue weighted by Gasteiger charge is 2.23. The molecule has 2 aromatic carbocycles. The van der Waals surface area contributed by atoms with Crippen molar-refractivity contribution in [2.75, 3.05) is 13.2 Å². The molecule has 0 amide bonds. The Morgan fingerprint density at radius 1 is 1.24 bits per heavy atom. The van der Waals surface area contributed by atoms with Crippen molar-refractivity contribution < 1.29 is 9.47 Å². The molecule has 1 aliphatic heterocycles. The minimum Gasteiger partial charge on any atom is -0.491 e. The molecule has 1 unspecified atom stereocenters. The first-order chi connectivity index (χ1) is 10.3. The predicted molar refractivity (Wildman–Crippen MR) is 91.8 cm³/mol. The SMILES string of the molecule is CCNC1COc2cc(OCc3ccc(I)cc3)ccc21. The first kappa shape index (κ1) is 14.7. The molecule has 0 aliphatic carbocycles. The molecular formula is C17H18INO2. The van der Waals surface area contributed by atoms with Gasteiger partial charge in [-0.1, -0.05) is 19.1 Å². The molecule has 0 fully saturated rings. The third kappa shape index (κ3) is 3.49. The Morgan fingerprint density at radius 3 is 2.81 bits per heavy atom. The van der Waals surface area contributed by atoms with Crippen molar-refractivity contribution in [2.45, 2.75) is 19.6 Å². The monoisotopic (exact) mass is 395 g/mol. The number of nitrogens with one attached hydrogen (secondary N) is 1. The van der Waals surface area contributed by atoms with Crippen molar-refractivity contribution in [3.05, 3.63) is 57.2 Å². The van der Waals surface area contributed by atoms with E-state index in [4.69, 9.17) is 9.47 Å². The summed E-state index contributed by atoms with van der Waals surface area (Å²) in [5.74, 6) is 1.78. The number of benzene rings is 2. The van der Waals surface area contributed by atoms with Crippen LogP contribution >= 0.6 is 22.6 Å². The van der Waals surface area contributed by atoms with Gasteiger partial charge < -0.3 is 14.8 Å². The highest BCUT2D eigenvalue weighted by molar-refractivity contribution is 14.1. The molecule has 1 aliphatic rings. The van der Waals surface area contributed by atoms with Crippen molar-refractivity contribution in [3.8, 4) is 11.5 Å². The van der Waals surface area contributed by atoms with Gasteiger partial charge in [0, 0.05) is 15.2 Å². The summed E-state index contributed by atoms with van der Waals surface area (Å²) in [5, 5.41) is 3.42. The Balaban J connectivity index is 1.66. The van der Waals surface area contributed by atoms with Gasteiger partial charge >= 0.3 is 0 Å². The molecule has 21 heavy (non-hydrogen) atoms. The van der Waals surface area contributed by atoms with Crippen molar-refractivity contribution in [2.24, 2.45) is 0 Å². The number of hydrogen-bond acceptors (Lipinski definition) is 3. The molecule has 1 atom stereocenters. The van der Waals surface area contributed by atoms with E-state index in [1.807, 2.05) is 12.1 Å². The van der Waals surface area contributed by atoms with Gasteiger partial charge in [-0.05, 0) is 59.0 Å². The van der Waals surface area contributed by atoms with Gasteiger partial charge in [-0.2, -0.15) is 0 Å². The van der Waals surface area contributed by atoms with Crippen LogP contribution in [0.4, 0.5) is 0 Å². The fourth-order valence-corrected chi connectivity index (χ4v) is 2.80. The van der Waals surface area contributed by atoms with Crippen LogP contribution in [0.3, 0.4) is 0 Å². The zero-order chi connectivity index (χ0) is 14.7. The van der Waals surface area contributed by atoms with Gasteiger partial charge in [0.05, 0.1) is 6.04 Å². The summed E-state index contributed by atoms with van der Waals surface area (Å²) in [6.45, 7) is 4.32. The van der Waals surface area contributed by atoms with E-state index in [1.54, 1.807) is 0 Å². The second kappa shape index (κ2) is 6.66.